The number of anilines is 1. The number of halogens is 1. The molecular formula is C20H21ClN4OS. The summed E-state index contributed by atoms with van der Waals surface area (Å²) in [5.41, 5.74) is 3.84. The highest BCUT2D eigenvalue weighted by molar-refractivity contribution is 7.99. The van der Waals surface area contributed by atoms with E-state index in [1.165, 1.54) is 11.8 Å². The number of thioether (sulfide) groups is 1. The molecule has 0 atom stereocenters. The first-order chi connectivity index (χ1) is 13.0. The molecule has 140 valence electrons. The Bertz CT molecular complexity index is 955. The SMILES string of the molecule is Cc1ccc(-n2cnnc2SCC(=O)Nc2ccccc2C(C)C)cc1Cl. The highest BCUT2D eigenvalue weighted by Gasteiger charge is 2.13. The number of para-hydroxylation sites is 1. The Morgan fingerprint density at radius 3 is 2.78 bits per heavy atom. The number of benzene rings is 2. The molecule has 0 unspecified atom stereocenters. The van der Waals surface area contributed by atoms with Gasteiger partial charge in [0.2, 0.25) is 5.91 Å². The second-order valence-corrected chi connectivity index (χ2v) is 7.85. The minimum atomic E-state index is -0.0791. The van der Waals surface area contributed by atoms with Crippen LogP contribution in [0.5, 0.6) is 0 Å². The molecule has 1 aromatic heterocycles. The van der Waals surface area contributed by atoms with Crippen LogP contribution in [0.3, 0.4) is 0 Å². The smallest absolute Gasteiger partial charge is 0.234 e. The summed E-state index contributed by atoms with van der Waals surface area (Å²) in [4.78, 5) is 12.4. The first-order valence-electron chi connectivity index (χ1n) is 8.64. The fourth-order valence-electron chi connectivity index (χ4n) is 2.66. The number of hydrogen-bond acceptors (Lipinski definition) is 4. The van der Waals surface area contributed by atoms with Crippen molar-refractivity contribution in [3.05, 3.63) is 64.9 Å². The maximum Gasteiger partial charge on any atom is 0.234 e. The van der Waals surface area contributed by atoms with E-state index in [2.05, 4.69) is 29.4 Å². The van der Waals surface area contributed by atoms with Gasteiger partial charge < -0.3 is 5.32 Å². The topological polar surface area (TPSA) is 59.8 Å². The number of carbonyl (C=O) groups excluding carboxylic acids is 1. The molecule has 0 spiro atoms. The van der Waals surface area contributed by atoms with Gasteiger partial charge in [0.25, 0.3) is 0 Å². The highest BCUT2D eigenvalue weighted by atomic mass is 35.5. The Hall–Kier alpha value is -2.31. The minimum absolute atomic E-state index is 0.0791. The average molecular weight is 401 g/mol. The Morgan fingerprint density at radius 2 is 2.04 bits per heavy atom. The van der Waals surface area contributed by atoms with Gasteiger partial charge in [0.15, 0.2) is 5.16 Å². The molecule has 0 aliphatic carbocycles. The molecule has 2 aromatic carbocycles. The Morgan fingerprint density at radius 1 is 1.26 bits per heavy atom. The predicted octanol–water partition coefficient (Wildman–Crippen LogP) is 5.08. The summed E-state index contributed by atoms with van der Waals surface area (Å²) < 4.78 is 1.82. The minimum Gasteiger partial charge on any atom is -0.325 e. The third-order valence-electron chi connectivity index (χ3n) is 4.14. The van der Waals surface area contributed by atoms with E-state index >= 15 is 0 Å². The molecule has 5 nitrogen and oxygen atoms in total. The molecule has 7 heteroatoms. The summed E-state index contributed by atoms with van der Waals surface area (Å²) >= 11 is 7.55. The van der Waals surface area contributed by atoms with Gasteiger partial charge in [-0.25, -0.2) is 0 Å². The second kappa shape index (κ2) is 8.59. The van der Waals surface area contributed by atoms with Crippen molar-refractivity contribution in [1.29, 1.82) is 0 Å². The summed E-state index contributed by atoms with van der Waals surface area (Å²) in [5.74, 6) is 0.498. The maximum absolute atomic E-state index is 12.4. The van der Waals surface area contributed by atoms with Gasteiger partial charge >= 0.3 is 0 Å². The Kier molecular flexibility index (Phi) is 6.19. The van der Waals surface area contributed by atoms with E-state index in [1.54, 1.807) is 6.33 Å². The number of aromatic nitrogens is 3. The van der Waals surface area contributed by atoms with Crippen molar-refractivity contribution in [1.82, 2.24) is 14.8 Å². The van der Waals surface area contributed by atoms with Crippen LogP contribution >= 0.6 is 23.4 Å². The molecule has 0 radical (unpaired) electrons. The summed E-state index contributed by atoms with van der Waals surface area (Å²) in [5, 5.41) is 12.4. The third-order valence-corrected chi connectivity index (χ3v) is 5.49. The maximum atomic E-state index is 12.4. The van der Waals surface area contributed by atoms with Crippen molar-refractivity contribution >= 4 is 35.0 Å². The molecule has 0 saturated carbocycles. The largest absolute Gasteiger partial charge is 0.325 e. The van der Waals surface area contributed by atoms with Crippen molar-refractivity contribution in [3.63, 3.8) is 0 Å². The molecule has 0 aliphatic heterocycles. The number of nitrogens with one attached hydrogen (secondary N) is 1. The molecular weight excluding hydrogens is 380 g/mol. The van der Waals surface area contributed by atoms with Crippen LogP contribution in [0.25, 0.3) is 5.69 Å². The van der Waals surface area contributed by atoms with E-state index in [4.69, 9.17) is 11.6 Å². The fraction of sp³-hybridized carbons (Fsp3) is 0.250. The van der Waals surface area contributed by atoms with Gasteiger partial charge in [0.1, 0.15) is 6.33 Å². The number of rotatable bonds is 6. The molecule has 3 aromatic rings. The van der Waals surface area contributed by atoms with Crippen molar-refractivity contribution in [2.24, 2.45) is 0 Å². The van der Waals surface area contributed by atoms with Crippen LogP contribution in [-0.4, -0.2) is 26.4 Å². The first-order valence-corrected chi connectivity index (χ1v) is 10.00. The van der Waals surface area contributed by atoms with Crippen LogP contribution in [0.2, 0.25) is 5.02 Å². The highest BCUT2D eigenvalue weighted by Crippen LogP contribution is 2.26. The molecule has 0 aliphatic rings. The molecule has 1 heterocycles. The van der Waals surface area contributed by atoms with Crippen LogP contribution in [0.15, 0.2) is 53.9 Å². The predicted molar refractivity (Wildman–Crippen MR) is 111 cm³/mol. The van der Waals surface area contributed by atoms with Gasteiger partial charge in [-0.15, -0.1) is 10.2 Å². The van der Waals surface area contributed by atoms with Crippen LogP contribution in [-0.2, 0) is 4.79 Å². The number of nitrogens with zero attached hydrogens (tertiary/aromatic N) is 3. The lowest BCUT2D eigenvalue weighted by atomic mass is 10.0. The van der Waals surface area contributed by atoms with Crippen molar-refractivity contribution in [2.75, 3.05) is 11.1 Å². The fourth-order valence-corrected chi connectivity index (χ4v) is 3.57. The zero-order valence-electron chi connectivity index (χ0n) is 15.4. The van der Waals surface area contributed by atoms with E-state index in [1.807, 2.05) is 54.0 Å². The lowest BCUT2D eigenvalue weighted by Crippen LogP contribution is -2.16. The number of carbonyl (C=O) groups is 1. The average Bonchev–Trinajstić information content (AvgIpc) is 3.11. The molecule has 1 amide bonds. The molecule has 1 N–H and O–H groups in total. The lowest BCUT2D eigenvalue weighted by molar-refractivity contribution is -0.113. The van der Waals surface area contributed by atoms with E-state index < -0.39 is 0 Å². The summed E-state index contributed by atoms with van der Waals surface area (Å²) in [7, 11) is 0. The van der Waals surface area contributed by atoms with Crippen molar-refractivity contribution in [3.8, 4) is 5.69 Å². The molecule has 0 fully saturated rings. The summed E-state index contributed by atoms with van der Waals surface area (Å²) in [6.07, 6.45) is 1.62. The standard InChI is InChI=1S/C20H21ClN4OS/c1-13(2)16-6-4-5-7-18(16)23-19(26)11-27-20-24-22-12-25(20)15-9-8-14(3)17(21)10-15/h4-10,12-13H,11H2,1-3H3,(H,23,26). The van der Waals surface area contributed by atoms with Gasteiger partial charge in [-0.2, -0.15) is 0 Å². The van der Waals surface area contributed by atoms with Crippen LogP contribution < -0.4 is 5.32 Å². The molecule has 0 bridgehead atoms. The van der Waals surface area contributed by atoms with E-state index in [0.29, 0.717) is 16.1 Å². The molecule has 0 saturated heterocycles. The molecule has 27 heavy (non-hydrogen) atoms. The van der Waals surface area contributed by atoms with Crippen molar-refractivity contribution < 1.29 is 4.79 Å². The van der Waals surface area contributed by atoms with Gasteiger partial charge in [-0.3, -0.25) is 9.36 Å². The zero-order valence-corrected chi connectivity index (χ0v) is 17.0. The lowest BCUT2D eigenvalue weighted by Gasteiger charge is -2.13. The van der Waals surface area contributed by atoms with Crippen LogP contribution in [0.4, 0.5) is 5.69 Å². The van der Waals surface area contributed by atoms with Gasteiger partial charge in [-0.1, -0.05) is 61.5 Å². The number of aryl methyl sites for hydroxylation is 1. The Labute approximate surface area is 168 Å². The van der Waals surface area contributed by atoms with Crippen LogP contribution in [0.1, 0.15) is 30.9 Å². The monoisotopic (exact) mass is 400 g/mol. The van der Waals surface area contributed by atoms with E-state index in [9.17, 15) is 4.79 Å². The van der Waals surface area contributed by atoms with Crippen LogP contribution in [0, 0.1) is 6.92 Å². The summed E-state index contributed by atoms with van der Waals surface area (Å²) in [6, 6.07) is 13.6. The van der Waals surface area contributed by atoms with Gasteiger partial charge in [-0.05, 0) is 42.2 Å². The number of amides is 1. The van der Waals surface area contributed by atoms with E-state index in [-0.39, 0.29) is 11.7 Å². The van der Waals surface area contributed by atoms with Gasteiger partial charge in [0, 0.05) is 10.7 Å². The third kappa shape index (κ3) is 4.70. The van der Waals surface area contributed by atoms with Gasteiger partial charge in [0.05, 0.1) is 11.4 Å². The number of hydrogen-bond donors (Lipinski definition) is 1. The Balaban J connectivity index is 1.69. The first kappa shape index (κ1) is 19.5. The normalized spacial score (nSPS) is 11.0. The van der Waals surface area contributed by atoms with Crippen molar-refractivity contribution in [2.45, 2.75) is 31.8 Å². The van der Waals surface area contributed by atoms with E-state index in [0.717, 1.165) is 22.5 Å². The summed E-state index contributed by atoms with van der Waals surface area (Å²) in [6.45, 7) is 6.16. The zero-order chi connectivity index (χ0) is 19.4. The second-order valence-electron chi connectivity index (χ2n) is 6.50. The quantitative estimate of drug-likeness (QED) is 0.586. The molecule has 3 rings (SSSR count).